The van der Waals surface area contributed by atoms with Crippen molar-refractivity contribution in [2.75, 3.05) is 5.32 Å². The molecule has 3 amide bonds. The van der Waals surface area contributed by atoms with Crippen molar-refractivity contribution in [2.45, 2.75) is 45.7 Å². The normalized spacial score (nSPS) is 18.4. The lowest BCUT2D eigenvalue weighted by Crippen LogP contribution is -2.52. The SMILES string of the molecule is Cc1cc(C)c2c(c1)Cc1cccc3nc(-c4ccc5c(c4)CN(C4CCC(=O)NC4=O)C5=O)c(n13)N2. The number of amides is 3. The number of pyridine rings is 1. The van der Waals surface area contributed by atoms with Crippen molar-refractivity contribution in [3.05, 3.63) is 82.0 Å². The Bertz CT molecular complexity index is 1680. The van der Waals surface area contributed by atoms with Crippen LogP contribution in [0.3, 0.4) is 0 Å². The molecule has 2 aromatic heterocycles. The molecule has 2 N–H and O–H groups in total. The van der Waals surface area contributed by atoms with Crippen molar-refractivity contribution in [3.63, 3.8) is 0 Å². The summed E-state index contributed by atoms with van der Waals surface area (Å²) in [6.07, 6.45) is 1.38. The number of imidazole rings is 1. The number of benzene rings is 2. The van der Waals surface area contributed by atoms with Gasteiger partial charge in [-0.2, -0.15) is 0 Å². The fourth-order valence-corrected chi connectivity index (χ4v) is 6.02. The van der Waals surface area contributed by atoms with E-state index in [1.807, 2.05) is 30.3 Å². The zero-order valence-corrected chi connectivity index (χ0v) is 20.6. The number of aromatic nitrogens is 2. The predicted octanol–water partition coefficient (Wildman–Crippen LogP) is 4.03. The molecule has 3 aliphatic rings. The Hall–Kier alpha value is -4.46. The van der Waals surface area contributed by atoms with E-state index in [0.29, 0.717) is 18.5 Å². The molecule has 1 saturated heterocycles. The summed E-state index contributed by atoms with van der Waals surface area (Å²) < 4.78 is 2.18. The molecule has 4 aromatic rings. The van der Waals surface area contributed by atoms with E-state index in [1.54, 1.807) is 4.90 Å². The first kappa shape index (κ1) is 21.8. The van der Waals surface area contributed by atoms with E-state index < -0.39 is 11.9 Å². The maximum atomic E-state index is 13.2. The number of carbonyl (C=O) groups is 3. The monoisotopic (exact) mass is 491 g/mol. The molecule has 8 nitrogen and oxygen atoms in total. The molecule has 1 fully saturated rings. The van der Waals surface area contributed by atoms with Gasteiger partial charge in [-0.05, 0) is 61.2 Å². The van der Waals surface area contributed by atoms with Gasteiger partial charge in [-0.3, -0.25) is 24.1 Å². The minimum Gasteiger partial charge on any atom is -0.339 e. The fourth-order valence-electron chi connectivity index (χ4n) is 6.02. The quantitative estimate of drug-likeness (QED) is 0.364. The molecule has 37 heavy (non-hydrogen) atoms. The molecule has 5 heterocycles. The van der Waals surface area contributed by atoms with Gasteiger partial charge in [0, 0.05) is 41.9 Å². The number of imide groups is 1. The van der Waals surface area contributed by atoms with Crippen molar-refractivity contribution < 1.29 is 14.4 Å². The maximum Gasteiger partial charge on any atom is 0.255 e. The molecule has 1 unspecified atom stereocenters. The van der Waals surface area contributed by atoms with Gasteiger partial charge in [0.15, 0.2) is 0 Å². The van der Waals surface area contributed by atoms with Crippen molar-refractivity contribution in [3.8, 4) is 11.3 Å². The number of fused-ring (bicyclic) bond motifs is 2. The number of anilines is 2. The molecule has 0 aliphatic carbocycles. The Morgan fingerprint density at radius 1 is 0.973 bits per heavy atom. The first-order valence-corrected chi connectivity index (χ1v) is 12.5. The van der Waals surface area contributed by atoms with E-state index in [-0.39, 0.29) is 18.2 Å². The van der Waals surface area contributed by atoms with E-state index in [1.165, 1.54) is 16.7 Å². The van der Waals surface area contributed by atoms with Crippen LogP contribution in [-0.2, 0) is 22.6 Å². The van der Waals surface area contributed by atoms with Crippen molar-refractivity contribution in [2.24, 2.45) is 0 Å². The molecule has 0 radical (unpaired) electrons. The number of hydrogen-bond acceptors (Lipinski definition) is 5. The third kappa shape index (κ3) is 3.28. The van der Waals surface area contributed by atoms with E-state index >= 15 is 0 Å². The number of hydrogen-bond donors (Lipinski definition) is 2. The summed E-state index contributed by atoms with van der Waals surface area (Å²) in [6, 6.07) is 15.7. The standard InChI is InChI=1S/C29H25N5O3/c1-15-10-16(2)25-18(11-15)13-20-4-3-5-23-30-26(27(32-25)34(20)23)17-6-7-21-19(12-17)14-33(29(21)37)22-8-9-24(35)31-28(22)36/h3-7,10-12,22,32H,8-9,13-14H2,1-2H3,(H,31,35,36). The Morgan fingerprint density at radius 3 is 2.68 bits per heavy atom. The van der Waals surface area contributed by atoms with Crippen molar-refractivity contribution in [1.29, 1.82) is 0 Å². The van der Waals surface area contributed by atoms with Crippen LogP contribution in [0.4, 0.5) is 11.5 Å². The van der Waals surface area contributed by atoms with Gasteiger partial charge in [-0.25, -0.2) is 4.98 Å². The van der Waals surface area contributed by atoms with Crippen LogP contribution in [0.1, 0.15) is 51.1 Å². The minimum absolute atomic E-state index is 0.176. The van der Waals surface area contributed by atoms with Gasteiger partial charge in [0.2, 0.25) is 11.8 Å². The second-order valence-electron chi connectivity index (χ2n) is 10.2. The van der Waals surface area contributed by atoms with Crippen LogP contribution in [-0.4, -0.2) is 38.0 Å². The lowest BCUT2D eigenvalue weighted by molar-refractivity contribution is -0.136. The molecule has 8 heteroatoms. The fraction of sp³-hybridized carbons (Fsp3) is 0.241. The van der Waals surface area contributed by atoms with E-state index in [9.17, 15) is 14.4 Å². The molecular formula is C29H25N5O3. The van der Waals surface area contributed by atoms with Crippen LogP contribution >= 0.6 is 0 Å². The largest absolute Gasteiger partial charge is 0.339 e. The topological polar surface area (TPSA) is 95.8 Å². The van der Waals surface area contributed by atoms with E-state index in [2.05, 4.69) is 47.1 Å². The Morgan fingerprint density at radius 2 is 1.84 bits per heavy atom. The number of rotatable bonds is 2. The molecule has 0 bridgehead atoms. The molecule has 184 valence electrons. The Labute approximate surface area is 213 Å². The number of piperidine rings is 1. The average Bonchev–Trinajstić information content (AvgIpc) is 3.33. The summed E-state index contributed by atoms with van der Waals surface area (Å²) in [5, 5.41) is 6.06. The highest BCUT2D eigenvalue weighted by Gasteiger charge is 2.39. The summed E-state index contributed by atoms with van der Waals surface area (Å²) in [6.45, 7) is 4.57. The van der Waals surface area contributed by atoms with Gasteiger partial charge < -0.3 is 10.2 Å². The molecule has 3 aliphatic heterocycles. The van der Waals surface area contributed by atoms with Crippen molar-refractivity contribution in [1.82, 2.24) is 19.6 Å². The molecule has 0 spiro atoms. The summed E-state index contributed by atoms with van der Waals surface area (Å²) in [4.78, 5) is 43.8. The van der Waals surface area contributed by atoms with Crippen LogP contribution < -0.4 is 10.6 Å². The summed E-state index contributed by atoms with van der Waals surface area (Å²) in [5.74, 6) is 0.0371. The van der Waals surface area contributed by atoms with Crippen LogP contribution in [0, 0.1) is 13.8 Å². The van der Waals surface area contributed by atoms with E-state index in [4.69, 9.17) is 4.98 Å². The maximum absolute atomic E-state index is 13.2. The summed E-state index contributed by atoms with van der Waals surface area (Å²) >= 11 is 0. The minimum atomic E-state index is -0.631. The first-order chi connectivity index (χ1) is 17.9. The van der Waals surface area contributed by atoms with Gasteiger partial charge in [0.25, 0.3) is 5.91 Å². The van der Waals surface area contributed by atoms with Gasteiger partial charge in [-0.15, -0.1) is 0 Å². The number of nitrogens with zero attached hydrogens (tertiary/aromatic N) is 3. The molecule has 1 atom stereocenters. The zero-order chi connectivity index (χ0) is 25.4. The second kappa shape index (κ2) is 7.77. The zero-order valence-electron chi connectivity index (χ0n) is 20.6. The molecule has 7 rings (SSSR count). The first-order valence-electron chi connectivity index (χ1n) is 12.5. The number of carbonyl (C=O) groups excluding carboxylic acids is 3. The van der Waals surface area contributed by atoms with Crippen LogP contribution in [0.5, 0.6) is 0 Å². The van der Waals surface area contributed by atoms with Gasteiger partial charge in [0.1, 0.15) is 23.2 Å². The van der Waals surface area contributed by atoms with Crippen LogP contribution in [0.2, 0.25) is 0 Å². The second-order valence-corrected chi connectivity index (χ2v) is 10.2. The molecule has 2 aromatic carbocycles. The smallest absolute Gasteiger partial charge is 0.255 e. The average molecular weight is 492 g/mol. The Balaban J connectivity index is 1.31. The number of aryl methyl sites for hydroxylation is 2. The van der Waals surface area contributed by atoms with Crippen molar-refractivity contribution >= 4 is 34.9 Å². The molecule has 0 saturated carbocycles. The van der Waals surface area contributed by atoms with Gasteiger partial charge in [-0.1, -0.05) is 29.8 Å². The number of nitrogens with one attached hydrogen (secondary N) is 2. The highest BCUT2D eigenvalue weighted by molar-refractivity contribution is 6.05. The third-order valence-electron chi connectivity index (χ3n) is 7.70. The summed E-state index contributed by atoms with van der Waals surface area (Å²) in [5.41, 5.74) is 9.95. The van der Waals surface area contributed by atoms with E-state index in [0.717, 1.165) is 46.1 Å². The molecular weight excluding hydrogens is 466 g/mol. The lowest BCUT2D eigenvalue weighted by atomic mass is 10.00. The van der Waals surface area contributed by atoms with Gasteiger partial charge >= 0.3 is 0 Å². The van der Waals surface area contributed by atoms with Gasteiger partial charge in [0.05, 0.1) is 0 Å². The Kier molecular flexibility index (Phi) is 4.58. The lowest BCUT2D eigenvalue weighted by Gasteiger charge is -2.29. The van der Waals surface area contributed by atoms with Crippen LogP contribution in [0.15, 0.2) is 48.5 Å². The predicted molar refractivity (Wildman–Crippen MR) is 139 cm³/mol. The summed E-state index contributed by atoms with van der Waals surface area (Å²) in [7, 11) is 0. The highest BCUT2D eigenvalue weighted by atomic mass is 16.2. The third-order valence-corrected chi connectivity index (χ3v) is 7.70. The van der Waals surface area contributed by atoms with Crippen LogP contribution in [0.25, 0.3) is 16.9 Å². The highest BCUT2D eigenvalue weighted by Crippen LogP contribution is 2.39.